The normalized spacial score (nSPS) is 17.3. The van der Waals surface area contributed by atoms with Crippen LogP contribution in [0.5, 0.6) is 0 Å². The molecule has 2 aliphatic heterocycles. The minimum Gasteiger partial charge on any atom is -0.450 e. The number of anilines is 1. The monoisotopic (exact) mass is 753 g/mol. The molecule has 2 atom stereocenters. The highest BCUT2D eigenvalue weighted by molar-refractivity contribution is 8.05. The Bertz CT molecular complexity index is 1800. The molecule has 5 rings (SSSR count). The van der Waals surface area contributed by atoms with Crippen molar-refractivity contribution in [3.8, 4) is 0 Å². The molecule has 2 aromatic carbocycles. The quantitative estimate of drug-likeness (QED) is 0.0843. The van der Waals surface area contributed by atoms with Gasteiger partial charge in [0.1, 0.15) is 22.8 Å². The molecule has 268 valence electrons. The first-order chi connectivity index (χ1) is 24.4. The number of carbonyl (C=O) groups excluding carboxylic acids is 5. The summed E-state index contributed by atoms with van der Waals surface area (Å²) in [5.74, 6) is -3.18. The van der Waals surface area contributed by atoms with Gasteiger partial charge in [-0.25, -0.2) is 14.6 Å². The number of hydrogen-bond donors (Lipinski definition) is 2. The summed E-state index contributed by atoms with van der Waals surface area (Å²) in [6.07, 6.45) is 1.05. The number of fused-ring (bicyclic) bond motifs is 1. The van der Waals surface area contributed by atoms with Crippen molar-refractivity contribution in [1.29, 1.82) is 0 Å². The lowest BCUT2D eigenvalue weighted by atomic mass is 9.98. The van der Waals surface area contributed by atoms with E-state index in [1.807, 2.05) is 60.7 Å². The second kappa shape index (κ2) is 16.4. The van der Waals surface area contributed by atoms with Gasteiger partial charge in [-0.05, 0) is 38.2 Å². The van der Waals surface area contributed by atoms with Gasteiger partial charge in [-0.15, -0.1) is 34.9 Å². The SMILES string of the molecule is CSC1=C(C(=O)OCOC(=O)C(C)(C)C)N2C(=O)C(NC(=O)/C(=N/OCC(=O)OC(c3ccccc3)c3ccccc3)c3csc(N)n3)C2SC1. The molecule has 1 fully saturated rings. The van der Waals surface area contributed by atoms with Crippen LogP contribution < -0.4 is 11.1 Å². The number of rotatable bonds is 13. The lowest BCUT2D eigenvalue weighted by Crippen LogP contribution is -2.71. The summed E-state index contributed by atoms with van der Waals surface area (Å²) in [4.78, 5) is 76.4. The maximum absolute atomic E-state index is 13.6. The zero-order valence-electron chi connectivity index (χ0n) is 28.0. The van der Waals surface area contributed by atoms with Crippen LogP contribution in [0.1, 0.15) is 43.7 Å². The van der Waals surface area contributed by atoms with Crippen LogP contribution in [0.15, 0.2) is 81.8 Å². The maximum Gasteiger partial charge on any atom is 0.358 e. The Morgan fingerprint density at radius 3 is 2.27 bits per heavy atom. The van der Waals surface area contributed by atoms with Crippen molar-refractivity contribution in [3.05, 3.63) is 93.5 Å². The van der Waals surface area contributed by atoms with E-state index in [1.165, 1.54) is 33.8 Å². The Balaban J connectivity index is 1.25. The smallest absolute Gasteiger partial charge is 0.358 e. The molecule has 0 radical (unpaired) electrons. The second-order valence-electron chi connectivity index (χ2n) is 12.0. The molecule has 3 heterocycles. The minimum atomic E-state index is -1.05. The fraction of sp³-hybridized carbons (Fsp3) is 0.324. The topological polar surface area (TPSA) is 189 Å². The number of aromatic nitrogens is 1. The van der Waals surface area contributed by atoms with Crippen molar-refractivity contribution in [1.82, 2.24) is 15.2 Å². The van der Waals surface area contributed by atoms with Crippen LogP contribution in [0.25, 0.3) is 0 Å². The van der Waals surface area contributed by atoms with E-state index in [9.17, 15) is 24.0 Å². The van der Waals surface area contributed by atoms with Crippen LogP contribution >= 0.6 is 34.9 Å². The summed E-state index contributed by atoms with van der Waals surface area (Å²) in [6.45, 7) is 3.73. The minimum absolute atomic E-state index is 0.0147. The van der Waals surface area contributed by atoms with Crippen molar-refractivity contribution in [2.45, 2.75) is 38.3 Å². The van der Waals surface area contributed by atoms with Gasteiger partial charge in [-0.2, -0.15) is 0 Å². The Kier molecular flexibility index (Phi) is 12.0. The third-order valence-corrected chi connectivity index (χ3v) is 10.4. The summed E-state index contributed by atoms with van der Waals surface area (Å²) in [7, 11) is 0. The van der Waals surface area contributed by atoms with Gasteiger partial charge < -0.3 is 30.1 Å². The van der Waals surface area contributed by atoms with Crippen LogP contribution in [0.3, 0.4) is 0 Å². The standard InChI is InChI=1S/C34H35N5O9S3/c1-34(2,3)32(44)46-18-45-31(43)26-22(49-4)17-50-30-25(29(42)39(26)30)37-28(41)24(21-16-51-33(35)36-21)38-47-15-23(40)48-27(19-11-7-5-8-12-19)20-13-9-6-10-14-20/h5-14,16,25,27,30H,15,17-18H2,1-4H3,(H2,35,36)(H,37,41)/b38-24+. The Morgan fingerprint density at radius 2 is 1.71 bits per heavy atom. The van der Waals surface area contributed by atoms with Crippen LogP contribution in [-0.2, 0) is 43.0 Å². The molecule has 17 heteroatoms. The van der Waals surface area contributed by atoms with Crippen LogP contribution in [0.4, 0.5) is 5.13 Å². The van der Waals surface area contributed by atoms with Crippen molar-refractivity contribution in [2.75, 3.05) is 31.1 Å². The summed E-state index contributed by atoms with van der Waals surface area (Å²) in [6, 6.07) is 17.3. The molecule has 51 heavy (non-hydrogen) atoms. The molecule has 0 spiro atoms. The van der Waals surface area contributed by atoms with E-state index in [0.717, 1.165) is 22.5 Å². The predicted molar refractivity (Wildman–Crippen MR) is 192 cm³/mol. The van der Waals surface area contributed by atoms with Crippen molar-refractivity contribution < 1.29 is 43.0 Å². The van der Waals surface area contributed by atoms with Gasteiger partial charge in [-0.3, -0.25) is 19.3 Å². The number of benzene rings is 2. The lowest BCUT2D eigenvalue weighted by Gasteiger charge is -2.49. The number of nitrogens with zero attached hydrogens (tertiary/aromatic N) is 3. The number of nitrogens with two attached hydrogens (primary N) is 1. The zero-order valence-corrected chi connectivity index (χ0v) is 30.5. The molecule has 3 N–H and O–H groups in total. The van der Waals surface area contributed by atoms with E-state index in [-0.39, 0.29) is 22.2 Å². The fourth-order valence-electron chi connectivity index (χ4n) is 4.87. The molecule has 1 saturated heterocycles. The molecule has 2 amide bonds. The summed E-state index contributed by atoms with van der Waals surface area (Å²) < 4.78 is 16.0. The highest BCUT2D eigenvalue weighted by Crippen LogP contribution is 2.43. The van der Waals surface area contributed by atoms with Crippen molar-refractivity contribution in [3.63, 3.8) is 0 Å². The summed E-state index contributed by atoms with van der Waals surface area (Å²) in [5, 5.41) is 7.54. The zero-order chi connectivity index (χ0) is 36.7. The van der Waals surface area contributed by atoms with E-state index in [1.54, 1.807) is 27.0 Å². The molecule has 0 saturated carbocycles. The Hall–Kier alpha value is -4.87. The number of amides is 2. The number of ether oxygens (including phenoxy) is 3. The van der Waals surface area contributed by atoms with Gasteiger partial charge in [0.15, 0.2) is 16.9 Å². The number of carbonyl (C=O) groups is 5. The fourth-order valence-corrected chi connectivity index (χ4v) is 7.66. The van der Waals surface area contributed by atoms with Crippen LogP contribution in [-0.4, -0.2) is 82.1 Å². The van der Waals surface area contributed by atoms with Crippen LogP contribution in [0, 0.1) is 5.41 Å². The highest BCUT2D eigenvalue weighted by atomic mass is 32.2. The van der Waals surface area contributed by atoms with E-state index in [2.05, 4.69) is 15.5 Å². The number of nitrogens with one attached hydrogen (secondary N) is 1. The average molecular weight is 754 g/mol. The molecule has 2 unspecified atom stereocenters. The van der Waals surface area contributed by atoms with E-state index < -0.39 is 66.1 Å². The molecule has 1 aromatic heterocycles. The maximum atomic E-state index is 13.6. The van der Waals surface area contributed by atoms with Crippen molar-refractivity contribution in [2.24, 2.45) is 10.6 Å². The molecular weight excluding hydrogens is 719 g/mol. The van der Waals surface area contributed by atoms with Gasteiger partial charge >= 0.3 is 17.9 Å². The van der Waals surface area contributed by atoms with Gasteiger partial charge in [0.05, 0.1) is 5.41 Å². The van der Waals surface area contributed by atoms with Gasteiger partial charge in [0, 0.05) is 16.0 Å². The molecular formula is C34H35N5O9S3. The van der Waals surface area contributed by atoms with Gasteiger partial charge in [0.2, 0.25) is 13.4 Å². The average Bonchev–Trinajstić information content (AvgIpc) is 3.56. The summed E-state index contributed by atoms with van der Waals surface area (Å²) >= 11 is 3.67. The number of hydrogen-bond acceptors (Lipinski definition) is 15. The van der Waals surface area contributed by atoms with E-state index >= 15 is 0 Å². The Morgan fingerprint density at radius 1 is 1.06 bits per heavy atom. The van der Waals surface area contributed by atoms with E-state index in [4.69, 9.17) is 24.8 Å². The van der Waals surface area contributed by atoms with E-state index in [0.29, 0.717) is 10.7 Å². The predicted octanol–water partition coefficient (Wildman–Crippen LogP) is 3.84. The first kappa shape index (κ1) is 37.4. The number of thioether (sulfide) groups is 2. The third-order valence-electron chi connectivity index (χ3n) is 7.42. The molecule has 3 aromatic rings. The number of thiazole rings is 1. The largest absolute Gasteiger partial charge is 0.450 e. The molecule has 0 aliphatic carbocycles. The summed E-state index contributed by atoms with van der Waals surface area (Å²) in [5.41, 5.74) is 6.26. The third kappa shape index (κ3) is 8.90. The number of esters is 3. The van der Waals surface area contributed by atoms with Crippen LogP contribution in [0.2, 0.25) is 0 Å². The number of nitrogen functional groups attached to an aromatic ring is 1. The first-order valence-corrected chi connectivity index (χ1v) is 18.6. The number of β-lactam (4-membered cyclic amide) rings is 1. The van der Waals surface area contributed by atoms with Crippen molar-refractivity contribution >= 4 is 75.4 Å². The highest BCUT2D eigenvalue weighted by Gasteiger charge is 2.55. The lowest BCUT2D eigenvalue weighted by molar-refractivity contribution is -0.173. The number of oxime groups is 1. The van der Waals surface area contributed by atoms with Gasteiger partial charge in [-0.1, -0.05) is 65.8 Å². The molecule has 0 bridgehead atoms. The molecule has 14 nitrogen and oxygen atoms in total. The first-order valence-electron chi connectivity index (χ1n) is 15.5. The second-order valence-corrected chi connectivity index (χ2v) is 14.9. The molecule has 2 aliphatic rings. The van der Waals surface area contributed by atoms with Gasteiger partial charge in [0.25, 0.3) is 11.8 Å². The Labute approximate surface area is 306 Å².